The molecule has 1 saturated carbocycles. The van der Waals surface area contributed by atoms with Crippen molar-refractivity contribution in [1.29, 1.82) is 0 Å². The predicted molar refractivity (Wildman–Crippen MR) is 80.9 cm³/mol. The van der Waals surface area contributed by atoms with Crippen molar-refractivity contribution in [2.45, 2.75) is 70.3 Å². The van der Waals surface area contributed by atoms with E-state index in [0.29, 0.717) is 11.8 Å². The molecular weight excluding hydrogens is 250 g/mol. The molecule has 2 N–H and O–H groups in total. The van der Waals surface area contributed by atoms with Gasteiger partial charge >= 0.3 is 0 Å². The van der Waals surface area contributed by atoms with Crippen LogP contribution < -0.4 is 5.73 Å². The standard InChI is InChI=1S/C16H27N3O/c1-2-19-15(17)14(12-8-10-20-11-9-12)18-16(19)13-6-4-3-5-7-13/h12-13H,2-11,17H2,1H3. The molecule has 3 rings (SSSR count). The number of ether oxygens (including phenoxy) is 1. The minimum Gasteiger partial charge on any atom is -0.384 e. The zero-order valence-electron chi connectivity index (χ0n) is 12.6. The second-order valence-corrected chi connectivity index (χ2v) is 6.21. The Morgan fingerprint density at radius 3 is 2.45 bits per heavy atom. The second kappa shape index (κ2) is 6.17. The number of nitrogens with zero attached hydrogens (tertiary/aromatic N) is 2. The van der Waals surface area contributed by atoms with Gasteiger partial charge < -0.3 is 15.0 Å². The number of anilines is 1. The molecule has 1 saturated heterocycles. The number of hydrogen-bond donors (Lipinski definition) is 1. The molecule has 1 aromatic rings. The lowest BCUT2D eigenvalue weighted by atomic mass is 9.88. The fourth-order valence-corrected chi connectivity index (χ4v) is 3.78. The maximum absolute atomic E-state index is 6.41. The molecule has 4 nitrogen and oxygen atoms in total. The van der Waals surface area contributed by atoms with Gasteiger partial charge in [-0.15, -0.1) is 0 Å². The van der Waals surface area contributed by atoms with Crippen LogP contribution in [0.4, 0.5) is 5.82 Å². The Morgan fingerprint density at radius 1 is 1.10 bits per heavy atom. The van der Waals surface area contributed by atoms with Crippen LogP contribution in [0.2, 0.25) is 0 Å². The van der Waals surface area contributed by atoms with Crippen LogP contribution >= 0.6 is 0 Å². The van der Waals surface area contributed by atoms with Gasteiger partial charge in [-0.3, -0.25) is 0 Å². The number of hydrogen-bond acceptors (Lipinski definition) is 3. The van der Waals surface area contributed by atoms with E-state index in [4.69, 9.17) is 15.5 Å². The highest BCUT2D eigenvalue weighted by molar-refractivity contribution is 5.41. The van der Waals surface area contributed by atoms with E-state index in [-0.39, 0.29) is 0 Å². The zero-order chi connectivity index (χ0) is 13.9. The summed E-state index contributed by atoms with van der Waals surface area (Å²) < 4.78 is 7.73. The Bertz CT molecular complexity index is 443. The summed E-state index contributed by atoms with van der Waals surface area (Å²) in [4.78, 5) is 5.01. The first-order valence-electron chi connectivity index (χ1n) is 8.24. The molecular formula is C16H27N3O. The van der Waals surface area contributed by atoms with Gasteiger partial charge in [0, 0.05) is 31.6 Å². The molecule has 20 heavy (non-hydrogen) atoms. The van der Waals surface area contributed by atoms with Gasteiger partial charge in [-0.1, -0.05) is 19.3 Å². The summed E-state index contributed by atoms with van der Waals surface area (Å²) in [5.41, 5.74) is 7.56. The van der Waals surface area contributed by atoms with Crippen molar-refractivity contribution < 1.29 is 4.74 Å². The highest BCUT2D eigenvalue weighted by Crippen LogP contribution is 2.37. The molecule has 0 spiro atoms. The molecule has 0 radical (unpaired) electrons. The first-order valence-corrected chi connectivity index (χ1v) is 8.24. The van der Waals surface area contributed by atoms with E-state index in [1.165, 1.54) is 37.9 Å². The minimum atomic E-state index is 0.499. The molecule has 1 aliphatic heterocycles. The SMILES string of the molecule is CCn1c(C2CCCCC2)nc(C2CCOCC2)c1N. The average molecular weight is 277 g/mol. The smallest absolute Gasteiger partial charge is 0.127 e. The third-order valence-corrected chi connectivity index (χ3v) is 4.96. The lowest BCUT2D eigenvalue weighted by Gasteiger charge is -2.22. The number of nitrogens with two attached hydrogens (primary N) is 1. The van der Waals surface area contributed by atoms with Crippen LogP contribution in [0.3, 0.4) is 0 Å². The van der Waals surface area contributed by atoms with Crippen molar-refractivity contribution in [3.05, 3.63) is 11.5 Å². The molecule has 4 heteroatoms. The molecule has 0 amide bonds. The molecule has 0 aromatic carbocycles. The van der Waals surface area contributed by atoms with Crippen molar-refractivity contribution in [2.75, 3.05) is 18.9 Å². The van der Waals surface area contributed by atoms with Crippen molar-refractivity contribution in [2.24, 2.45) is 0 Å². The molecule has 0 atom stereocenters. The van der Waals surface area contributed by atoms with Crippen molar-refractivity contribution in [3.8, 4) is 0 Å². The molecule has 2 aliphatic rings. The Labute approximate surface area is 121 Å². The fraction of sp³-hybridized carbons (Fsp3) is 0.812. The summed E-state index contributed by atoms with van der Waals surface area (Å²) in [6, 6.07) is 0. The topological polar surface area (TPSA) is 53.1 Å². The summed E-state index contributed by atoms with van der Waals surface area (Å²) in [5, 5.41) is 0. The Hall–Kier alpha value is -1.03. The summed E-state index contributed by atoms with van der Waals surface area (Å²) >= 11 is 0. The number of aromatic nitrogens is 2. The van der Waals surface area contributed by atoms with Crippen LogP contribution in [0.15, 0.2) is 0 Å². The van der Waals surface area contributed by atoms with Crippen LogP contribution in [-0.2, 0) is 11.3 Å². The van der Waals surface area contributed by atoms with E-state index in [0.717, 1.165) is 44.1 Å². The van der Waals surface area contributed by atoms with E-state index in [1.54, 1.807) is 0 Å². The second-order valence-electron chi connectivity index (χ2n) is 6.21. The van der Waals surface area contributed by atoms with Crippen LogP contribution in [-0.4, -0.2) is 22.8 Å². The van der Waals surface area contributed by atoms with Crippen LogP contribution in [0.5, 0.6) is 0 Å². The molecule has 112 valence electrons. The van der Waals surface area contributed by atoms with Gasteiger partial charge in [0.05, 0.1) is 5.69 Å². The number of rotatable bonds is 3. The lowest BCUT2D eigenvalue weighted by Crippen LogP contribution is -2.15. The Balaban J connectivity index is 1.89. The van der Waals surface area contributed by atoms with Gasteiger partial charge in [-0.2, -0.15) is 0 Å². The summed E-state index contributed by atoms with van der Waals surface area (Å²) in [6.07, 6.45) is 8.75. The molecule has 2 fully saturated rings. The van der Waals surface area contributed by atoms with Gasteiger partial charge in [-0.05, 0) is 32.6 Å². The quantitative estimate of drug-likeness (QED) is 0.921. The monoisotopic (exact) mass is 277 g/mol. The number of nitrogen functional groups attached to an aromatic ring is 1. The Kier molecular flexibility index (Phi) is 4.29. The Morgan fingerprint density at radius 2 is 1.80 bits per heavy atom. The van der Waals surface area contributed by atoms with Gasteiger partial charge in [0.1, 0.15) is 11.6 Å². The highest BCUT2D eigenvalue weighted by Gasteiger charge is 2.27. The van der Waals surface area contributed by atoms with Crippen LogP contribution in [0.1, 0.15) is 75.2 Å². The maximum atomic E-state index is 6.41. The summed E-state index contributed by atoms with van der Waals surface area (Å²) in [6.45, 7) is 4.82. The fourth-order valence-electron chi connectivity index (χ4n) is 3.78. The van der Waals surface area contributed by atoms with Crippen molar-refractivity contribution in [3.63, 3.8) is 0 Å². The summed E-state index contributed by atoms with van der Waals surface area (Å²) in [7, 11) is 0. The first kappa shape index (κ1) is 13.9. The van der Waals surface area contributed by atoms with E-state index in [1.807, 2.05) is 0 Å². The van der Waals surface area contributed by atoms with E-state index in [2.05, 4.69) is 11.5 Å². The molecule has 0 bridgehead atoms. The average Bonchev–Trinajstić information content (AvgIpc) is 2.86. The first-order chi connectivity index (χ1) is 9.81. The third-order valence-electron chi connectivity index (χ3n) is 4.96. The molecule has 2 heterocycles. The lowest BCUT2D eigenvalue weighted by molar-refractivity contribution is 0.0847. The van der Waals surface area contributed by atoms with Gasteiger partial charge in [0.25, 0.3) is 0 Å². The van der Waals surface area contributed by atoms with Gasteiger partial charge in [0.2, 0.25) is 0 Å². The molecule has 1 aliphatic carbocycles. The third kappa shape index (κ3) is 2.58. The summed E-state index contributed by atoms with van der Waals surface area (Å²) in [5.74, 6) is 3.30. The van der Waals surface area contributed by atoms with Crippen LogP contribution in [0.25, 0.3) is 0 Å². The zero-order valence-corrected chi connectivity index (χ0v) is 12.6. The highest BCUT2D eigenvalue weighted by atomic mass is 16.5. The normalized spacial score (nSPS) is 22.2. The van der Waals surface area contributed by atoms with E-state index in [9.17, 15) is 0 Å². The minimum absolute atomic E-state index is 0.499. The maximum Gasteiger partial charge on any atom is 0.127 e. The largest absolute Gasteiger partial charge is 0.384 e. The van der Waals surface area contributed by atoms with Gasteiger partial charge in [0.15, 0.2) is 0 Å². The number of imidazole rings is 1. The van der Waals surface area contributed by atoms with Crippen molar-refractivity contribution >= 4 is 5.82 Å². The van der Waals surface area contributed by atoms with Crippen LogP contribution in [0, 0.1) is 0 Å². The predicted octanol–water partition coefficient (Wildman–Crippen LogP) is 3.43. The van der Waals surface area contributed by atoms with Crippen molar-refractivity contribution in [1.82, 2.24) is 9.55 Å². The van der Waals surface area contributed by atoms with E-state index >= 15 is 0 Å². The molecule has 1 aromatic heterocycles. The molecule has 0 unspecified atom stereocenters. The van der Waals surface area contributed by atoms with Gasteiger partial charge in [-0.25, -0.2) is 4.98 Å². The van der Waals surface area contributed by atoms with E-state index < -0.39 is 0 Å².